The molecule has 0 fully saturated rings. The van der Waals surface area contributed by atoms with Crippen molar-refractivity contribution >= 4 is 23.1 Å². The van der Waals surface area contributed by atoms with Gasteiger partial charge in [-0.2, -0.15) is 0 Å². The summed E-state index contributed by atoms with van der Waals surface area (Å²) in [6.45, 7) is 3.36. The van der Waals surface area contributed by atoms with Crippen LogP contribution in [0.4, 0.5) is 0 Å². The zero-order valence-electron chi connectivity index (χ0n) is 13.3. The minimum atomic E-state index is -0.0803. The van der Waals surface area contributed by atoms with E-state index in [1.807, 2.05) is 13.0 Å². The lowest BCUT2D eigenvalue weighted by Gasteiger charge is -2.27. The molecule has 1 heterocycles. The molecule has 1 aliphatic heterocycles. The summed E-state index contributed by atoms with van der Waals surface area (Å²) in [5.41, 5.74) is 3.34. The molecular formula is C17H22ClNO4. The van der Waals surface area contributed by atoms with E-state index in [9.17, 15) is 9.90 Å². The molecule has 0 aromatic heterocycles. The van der Waals surface area contributed by atoms with Crippen molar-refractivity contribution in [3.05, 3.63) is 34.6 Å². The molecule has 1 atom stereocenters. The van der Waals surface area contributed by atoms with E-state index in [2.05, 4.69) is 5.16 Å². The predicted molar refractivity (Wildman–Crippen MR) is 89.6 cm³/mol. The number of ether oxygens (including phenoxy) is 1. The topological polar surface area (TPSA) is 68.1 Å². The number of carbonyl (C=O) groups excluding carboxylic acids is 1. The summed E-state index contributed by atoms with van der Waals surface area (Å²) in [5, 5.41) is 14.3. The zero-order valence-corrected chi connectivity index (χ0v) is 14.0. The normalized spacial score (nSPS) is 23.4. The van der Waals surface area contributed by atoms with Gasteiger partial charge in [0.2, 0.25) is 0 Å². The first-order chi connectivity index (χ1) is 11.2. The monoisotopic (exact) mass is 339 g/mol. The second-order valence-corrected chi connectivity index (χ2v) is 5.75. The Labute approximate surface area is 141 Å². The number of hydrogen-bond donors (Lipinski definition) is 1. The lowest BCUT2D eigenvalue weighted by atomic mass is 9.79. The molecule has 5 nitrogen and oxygen atoms in total. The minimum absolute atomic E-state index is 0.0633. The number of halogens is 1. The maximum absolute atomic E-state index is 12.5. The van der Waals surface area contributed by atoms with Crippen LogP contribution in [-0.2, 0) is 14.4 Å². The van der Waals surface area contributed by atoms with Crippen LogP contribution in [0.3, 0.4) is 0 Å². The number of oxime groups is 1. The van der Waals surface area contributed by atoms with Gasteiger partial charge < -0.3 is 14.7 Å². The molecule has 1 aliphatic carbocycles. The van der Waals surface area contributed by atoms with E-state index < -0.39 is 0 Å². The average Bonchev–Trinajstić information content (AvgIpc) is 2.57. The van der Waals surface area contributed by atoms with Crippen molar-refractivity contribution in [3.8, 4) is 0 Å². The van der Waals surface area contributed by atoms with E-state index in [1.54, 1.807) is 6.08 Å². The zero-order chi connectivity index (χ0) is 16.7. The summed E-state index contributed by atoms with van der Waals surface area (Å²) >= 11 is 5.41. The number of allylic oxidation sites excluding steroid dienone is 2. The number of nitrogens with zero attached hydrogens (tertiary/aromatic N) is 1. The van der Waals surface area contributed by atoms with Gasteiger partial charge in [0.25, 0.3) is 0 Å². The van der Waals surface area contributed by atoms with Crippen LogP contribution in [0.5, 0.6) is 0 Å². The van der Waals surface area contributed by atoms with Crippen LogP contribution >= 0.6 is 11.6 Å². The Morgan fingerprint density at radius 1 is 1.57 bits per heavy atom. The molecule has 1 N–H and O–H groups in total. The highest BCUT2D eigenvalue weighted by molar-refractivity contribution is 6.25. The van der Waals surface area contributed by atoms with Gasteiger partial charge in [-0.25, -0.2) is 0 Å². The summed E-state index contributed by atoms with van der Waals surface area (Å²) in [6, 6.07) is 0. The molecule has 0 aromatic rings. The smallest absolute Gasteiger partial charge is 0.168 e. The Morgan fingerprint density at radius 2 is 2.39 bits per heavy atom. The number of hydrogen-bond acceptors (Lipinski definition) is 5. The van der Waals surface area contributed by atoms with E-state index in [-0.39, 0.29) is 24.1 Å². The van der Waals surface area contributed by atoms with Crippen LogP contribution < -0.4 is 0 Å². The number of carbonyl (C=O) groups is 1. The van der Waals surface area contributed by atoms with Gasteiger partial charge in [0.05, 0.1) is 24.5 Å². The number of Topliss-reactive ketones (excluding diaryl/α,β-unsaturated/α-hetero) is 1. The van der Waals surface area contributed by atoms with Gasteiger partial charge in [-0.05, 0) is 24.8 Å². The molecule has 0 radical (unpaired) electrons. The Morgan fingerprint density at radius 3 is 3.00 bits per heavy atom. The number of aliphatic hydroxyl groups is 1. The summed E-state index contributed by atoms with van der Waals surface area (Å²) < 4.78 is 5.30. The van der Waals surface area contributed by atoms with Crippen molar-refractivity contribution in [1.82, 2.24) is 0 Å². The van der Waals surface area contributed by atoms with E-state index >= 15 is 0 Å². The van der Waals surface area contributed by atoms with Crippen molar-refractivity contribution in [2.45, 2.75) is 32.6 Å². The Hall–Kier alpha value is -1.59. The summed E-state index contributed by atoms with van der Waals surface area (Å²) in [7, 11) is 0. The molecule has 0 saturated heterocycles. The Balaban J connectivity index is 2.14. The molecule has 2 aliphatic rings. The van der Waals surface area contributed by atoms with Gasteiger partial charge in [-0.15, -0.1) is 0 Å². The second kappa shape index (κ2) is 8.89. The van der Waals surface area contributed by atoms with Gasteiger partial charge in [-0.3, -0.25) is 4.79 Å². The van der Waals surface area contributed by atoms with Crippen molar-refractivity contribution < 1.29 is 19.5 Å². The fourth-order valence-corrected chi connectivity index (χ4v) is 2.95. The number of aliphatic hydroxyl groups excluding tert-OH is 1. The maximum Gasteiger partial charge on any atom is 0.168 e. The number of ketones is 1. The van der Waals surface area contributed by atoms with Gasteiger partial charge in [0.15, 0.2) is 5.78 Å². The highest BCUT2D eigenvalue weighted by Gasteiger charge is 2.32. The quantitative estimate of drug-likeness (QED) is 0.347. The largest absolute Gasteiger partial charge is 0.511 e. The predicted octanol–water partition coefficient (Wildman–Crippen LogP) is 3.66. The van der Waals surface area contributed by atoms with Crippen LogP contribution in [0.2, 0.25) is 0 Å². The van der Waals surface area contributed by atoms with Crippen LogP contribution in [0.1, 0.15) is 32.6 Å². The molecule has 0 bridgehead atoms. The van der Waals surface area contributed by atoms with Crippen molar-refractivity contribution in [2.75, 3.05) is 19.8 Å². The maximum atomic E-state index is 12.5. The molecule has 0 saturated carbocycles. The highest BCUT2D eigenvalue weighted by Crippen LogP contribution is 2.34. The Kier molecular flexibility index (Phi) is 6.86. The summed E-state index contributed by atoms with van der Waals surface area (Å²) in [4.78, 5) is 17.6. The molecule has 1 unspecified atom stereocenters. The van der Waals surface area contributed by atoms with Gasteiger partial charge in [-0.1, -0.05) is 35.3 Å². The highest BCUT2D eigenvalue weighted by atomic mass is 35.5. The average molecular weight is 340 g/mol. The molecule has 0 aromatic carbocycles. The van der Waals surface area contributed by atoms with Crippen molar-refractivity contribution in [1.29, 1.82) is 0 Å². The number of rotatable bonds is 6. The van der Waals surface area contributed by atoms with E-state index in [0.717, 1.165) is 6.42 Å². The summed E-state index contributed by atoms with van der Waals surface area (Å²) in [6.07, 6.45) is 5.82. The molecule has 23 heavy (non-hydrogen) atoms. The Bertz CT molecular complexity index is 563. The van der Waals surface area contributed by atoms with E-state index in [0.29, 0.717) is 43.8 Å². The molecule has 126 valence electrons. The standard InChI is InChI=1S/C17H22ClNO4/c1-2-14(19-23-7-3-6-18)17-15(20)10-13(11-16(17)21)12-4-8-22-9-5-12/h3-4,6,13,20H,2,5,7-11H2,1H3/b6-3+,19-14+. The van der Waals surface area contributed by atoms with Crippen LogP contribution in [-0.4, -0.2) is 36.4 Å². The van der Waals surface area contributed by atoms with Crippen LogP contribution in [0.25, 0.3) is 0 Å². The van der Waals surface area contributed by atoms with Crippen molar-refractivity contribution in [2.24, 2.45) is 11.1 Å². The fourth-order valence-electron chi connectivity index (χ4n) is 2.88. The third-order valence-electron chi connectivity index (χ3n) is 4.02. The first-order valence-corrected chi connectivity index (χ1v) is 8.27. The SMILES string of the molecule is CC/C(=N\OC/C=C/Cl)C1=C(O)CC(C2=CCOCC2)CC1=O. The van der Waals surface area contributed by atoms with Gasteiger partial charge in [0.1, 0.15) is 12.4 Å². The minimum Gasteiger partial charge on any atom is -0.511 e. The van der Waals surface area contributed by atoms with E-state index in [4.69, 9.17) is 21.2 Å². The second-order valence-electron chi connectivity index (χ2n) is 5.50. The van der Waals surface area contributed by atoms with Crippen LogP contribution in [0.15, 0.2) is 39.7 Å². The lowest BCUT2D eigenvalue weighted by Crippen LogP contribution is -2.26. The third kappa shape index (κ3) is 4.69. The molecule has 2 rings (SSSR count). The lowest BCUT2D eigenvalue weighted by molar-refractivity contribution is -0.116. The fraction of sp³-hybridized carbons (Fsp3) is 0.529. The van der Waals surface area contributed by atoms with Gasteiger partial charge in [0, 0.05) is 18.4 Å². The van der Waals surface area contributed by atoms with E-state index in [1.165, 1.54) is 11.1 Å². The van der Waals surface area contributed by atoms with Crippen LogP contribution in [0, 0.1) is 5.92 Å². The molecular weight excluding hydrogens is 318 g/mol. The first kappa shape index (κ1) is 17.8. The molecule has 0 spiro atoms. The molecule has 0 amide bonds. The van der Waals surface area contributed by atoms with Gasteiger partial charge >= 0.3 is 0 Å². The summed E-state index contributed by atoms with van der Waals surface area (Å²) in [5.74, 6) is 0.0901. The van der Waals surface area contributed by atoms with Crippen molar-refractivity contribution in [3.63, 3.8) is 0 Å². The molecule has 6 heteroatoms. The third-order valence-corrected chi connectivity index (χ3v) is 4.20. The first-order valence-electron chi connectivity index (χ1n) is 7.83.